The highest BCUT2D eigenvalue weighted by Crippen LogP contribution is 2.32. The molecule has 0 aliphatic carbocycles. The van der Waals surface area contributed by atoms with E-state index in [0.29, 0.717) is 18.9 Å². The number of rotatable bonds is 5. The zero-order chi connectivity index (χ0) is 16.3. The molecule has 1 aliphatic heterocycles. The summed E-state index contributed by atoms with van der Waals surface area (Å²) in [5.41, 5.74) is 1.84. The van der Waals surface area contributed by atoms with Crippen LogP contribution in [0.15, 0.2) is 24.3 Å². The molecule has 1 heterocycles. The number of nitrogens with zero attached hydrogens (tertiary/aromatic N) is 1. The number of benzene rings is 1. The fraction of sp³-hybridized carbons (Fsp3) is 0.562. The standard InChI is InChI=1S/C16H24N2O3S/c1-12(2)14-11-18(15-8-5-4-7-13(15)17-14)16(19)9-6-10-22(3,20)21/h4-5,7-8,12,14,17H,6,9-11H2,1-3H3. The SMILES string of the molecule is CC(C)C1CN(C(=O)CCCS(C)(=O)=O)c2ccccc2N1. The van der Waals surface area contributed by atoms with Crippen molar-refractivity contribution in [3.8, 4) is 0 Å². The Balaban J connectivity index is 2.12. The van der Waals surface area contributed by atoms with Crippen LogP contribution in [-0.2, 0) is 14.6 Å². The van der Waals surface area contributed by atoms with Crippen LogP contribution in [0.1, 0.15) is 26.7 Å². The van der Waals surface area contributed by atoms with Gasteiger partial charge in [-0.3, -0.25) is 4.79 Å². The van der Waals surface area contributed by atoms with E-state index >= 15 is 0 Å². The number of para-hydroxylation sites is 2. The second-order valence-electron chi connectivity index (χ2n) is 6.25. The molecule has 2 rings (SSSR count). The summed E-state index contributed by atoms with van der Waals surface area (Å²) in [5, 5.41) is 3.47. The van der Waals surface area contributed by atoms with Crippen LogP contribution >= 0.6 is 0 Å². The first-order valence-electron chi connectivity index (χ1n) is 7.61. The van der Waals surface area contributed by atoms with E-state index in [0.717, 1.165) is 11.4 Å². The zero-order valence-corrected chi connectivity index (χ0v) is 14.2. The van der Waals surface area contributed by atoms with Gasteiger partial charge in [0.1, 0.15) is 9.84 Å². The Hall–Kier alpha value is -1.56. The third kappa shape index (κ3) is 4.22. The van der Waals surface area contributed by atoms with Crippen molar-refractivity contribution >= 4 is 27.1 Å². The molecule has 1 amide bonds. The molecule has 0 bridgehead atoms. The summed E-state index contributed by atoms with van der Waals surface area (Å²) in [7, 11) is -3.02. The van der Waals surface area contributed by atoms with Crippen molar-refractivity contribution in [1.82, 2.24) is 0 Å². The number of carbonyl (C=O) groups is 1. The molecular formula is C16H24N2O3S. The first-order valence-corrected chi connectivity index (χ1v) is 9.67. The van der Waals surface area contributed by atoms with Crippen LogP contribution in [0.4, 0.5) is 11.4 Å². The molecule has 122 valence electrons. The van der Waals surface area contributed by atoms with Crippen molar-refractivity contribution in [3.05, 3.63) is 24.3 Å². The van der Waals surface area contributed by atoms with E-state index in [2.05, 4.69) is 19.2 Å². The quantitative estimate of drug-likeness (QED) is 0.902. The third-order valence-electron chi connectivity index (χ3n) is 3.93. The van der Waals surface area contributed by atoms with Crippen molar-refractivity contribution in [1.29, 1.82) is 0 Å². The highest BCUT2D eigenvalue weighted by molar-refractivity contribution is 7.90. The fourth-order valence-corrected chi connectivity index (χ4v) is 3.27. The maximum Gasteiger partial charge on any atom is 0.227 e. The molecule has 5 nitrogen and oxygen atoms in total. The van der Waals surface area contributed by atoms with E-state index in [4.69, 9.17) is 0 Å². The highest BCUT2D eigenvalue weighted by atomic mass is 32.2. The van der Waals surface area contributed by atoms with Gasteiger partial charge in [-0.05, 0) is 24.5 Å². The van der Waals surface area contributed by atoms with Gasteiger partial charge < -0.3 is 10.2 Å². The molecule has 0 saturated heterocycles. The predicted octanol–water partition coefficient (Wildman–Crippen LogP) is 2.29. The molecule has 0 aromatic heterocycles. The number of nitrogens with one attached hydrogen (secondary N) is 1. The fourth-order valence-electron chi connectivity index (χ4n) is 2.61. The van der Waals surface area contributed by atoms with Gasteiger partial charge in [-0.2, -0.15) is 0 Å². The predicted molar refractivity (Wildman–Crippen MR) is 90.0 cm³/mol. The summed E-state index contributed by atoms with van der Waals surface area (Å²) < 4.78 is 22.4. The normalized spacial score (nSPS) is 18.0. The van der Waals surface area contributed by atoms with Gasteiger partial charge in [-0.1, -0.05) is 26.0 Å². The summed E-state index contributed by atoms with van der Waals surface area (Å²) in [4.78, 5) is 14.3. The number of sulfone groups is 1. The monoisotopic (exact) mass is 324 g/mol. The lowest BCUT2D eigenvalue weighted by molar-refractivity contribution is -0.118. The van der Waals surface area contributed by atoms with Crippen LogP contribution in [0.5, 0.6) is 0 Å². The number of carbonyl (C=O) groups excluding carboxylic acids is 1. The number of anilines is 2. The van der Waals surface area contributed by atoms with Gasteiger partial charge in [-0.25, -0.2) is 8.42 Å². The average Bonchev–Trinajstić information content (AvgIpc) is 2.44. The summed E-state index contributed by atoms with van der Waals surface area (Å²) >= 11 is 0. The topological polar surface area (TPSA) is 66.5 Å². The lowest BCUT2D eigenvalue weighted by atomic mass is 9.99. The second kappa shape index (κ2) is 6.69. The molecule has 1 unspecified atom stereocenters. The second-order valence-corrected chi connectivity index (χ2v) is 8.51. The average molecular weight is 324 g/mol. The lowest BCUT2D eigenvalue weighted by Crippen LogP contribution is -2.47. The Morgan fingerprint density at radius 2 is 2.05 bits per heavy atom. The van der Waals surface area contributed by atoms with Gasteiger partial charge in [0, 0.05) is 25.3 Å². The summed E-state index contributed by atoms with van der Waals surface area (Å²) in [6.07, 6.45) is 1.83. The van der Waals surface area contributed by atoms with E-state index in [1.165, 1.54) is 6.26 Å². The van der Waals surface area contributed by atoms with Crippen LogP contribution in [0.2, 0.25) is 0 Å². The minimum absolute atomic E-state index is 0.0109. The number of fused-ring (bicyclic) bond motifs is 1. The minimum atomic E-state index is -3.02. The molecular weight excluding hydrogens is 300 g/mol. The molecule has 1 aromatic carbocycles. The van der Waals surface area contributed by atoms with Crippen molar-refractivity contribution in [2.24, 2.45) is 5.92 Å². The first kappa shape index (κ1) is 16.8. The van der Waals surface area contributed by atoms with Gasteiger partial charge in [0.25, 0.3) is 0 Å². The van der Waals surface area contributed by atoms with Gasteiger partial charge in [0.15, 0.2) is 0 Å². The maximum absolute atomic E-state index is 12.5. The van der Waals surface area contributed by atoms with E-state index in [1.54, 1.807) is 4.90 Å². The van der Waals surface area contributed by atoms with E-state index in [-0.39, 0.29) is 24.1 Å². The number of hydrogen-bond donors (Lipinski definition) is 1. The molecule has 1 aliphatic rings. The van der Waals surface area contributed by atoms with Crippen LogP contribution in [0, 0.1) is 5.92 Å². The van der Waals surface area contributed by atoms with Crippen LogP contribution in [-0.4, -0.2) is 38.9 Å². The van der Waals surface area contributed by atoms with Crippen molar-refractivity contribution in [2.75, 3.05) is 28.8 Å². The molecule has 0 saturated carbocycles. The van der Waals surface area contributed by atoms with Gasteiger partial charge in [-0.15, -0.1) is 0 Å². The van der Waals surface area contributed by atoms with E-state index in [9.17, 15) is 13.2 Å². The van der Waals surface area contributed by atoms with Gasteiger partial charge >= 0.3 is 0 Å². The Morgan fingerprint density at radius 1 is 1.36 bits per heavy atom. The highest BCUT2D eigenvalue weighted by Gasteiger charge is 2.29. The smallest absolute Gasteiger partial charge is 0.227 e. The molecule has 1 atom stereocenters. The van der Waals surface area contributed by atoms with E-state index in [1.807, 2.05) is 24.3 Å². The van der Waals surface area contributed by atoms with Crippen LogP contribution < -0.4 is 10.2 Å². The number of amides is 1. The summed E-state index contributed by atoms with van der Waals surface area (Å²) in [6.45, 7) is 4.86. The number of hydrogen-bond acceptors (Lipinski definition) is 4. The molecule has 6 heteroatoms. The van der Waals surface area contributed by atoms with Crippen molar-refractivity contribution in [3.63, 3.8) is 0 Å². The summed E-state index contributed by atoms with van der Waals surface area (Å²) in [6, 6.07) is 7.95. The zero-order valence-electron chi connectivity index (χ0n) is 13.4. The maximum atomic E-state index is 12.5. The Bertz CT molecular complexity index is 641. The molecule has 1 N–H and O–H groups in total. The Kier molecular flexibility index (Phi) is 5.11. The third-order valence-corrected chi connectivity index (χ3v) is 4.96. The van der Waals surface area contributed by atoms with Crippen LogP contribution in [0.3, 0.4) is 0 Å². The van der Waals surface area contributed by atoms with Crippen LogP contribution in [0.25, 0.3) is 0 Å². The van der Waals surface area contributed by atoms with Gasteiger partial charge in [0.2, 0.25) is 5.91 Å². The van der Waals surface area contributed by atoms with Crippen molar-refractivity contribution in [2.45, 2.75) is 32.7 Å². The summed E-state index contributed by atoms with van der Waals surface area (Å²) in [5.74, 6) is 0.447. The Morgan fingerprint density at radius 3 is 2.68 bits per heavy atom. The largest absolute Gasteiger partial charge is 0.379 e. The molecule has 0 spiro atoms. The van der Waals surface area contributed by atoms with Gasteiger partial charge in [0.05, 0.1) is 17.1 Å². The molecule has 0 radical (unpaired) electrons. The minimum Gasteiger partial charge on any atom is -0.379 e. The molecule has 0 fully saturated rings. The first-order chi connectivity index (χ1) is 10.3. The molecule has 1 aromatic rings. The van der Waals surface area contributed by atoms with E-state index < -0.39 is 9.84 Å². The Labute approximate surface area is 132 Å². The van der Waals surface area contributed by atoms with Crippen molar-refractivity contribution < 1.29 is 13.2 Å². The molecule has 22 heavy (non-hydrogen) atoms. The lowest BCUT2D eigenvalue weighted by Gasteiger charge is -2.37.